The van der Waals surface area contributed by atoms with Crippen LogP contribution in [0.25, 0.3) is 6.08 Å². The number of hydrogen-bond acceptors (Lipinski definition) is 4. The lowest BCUT2D eigenvalue weighted by Crippen LogP contribution is -2.11. The number of halogens is 1. The Hall–Kier alpha value is -1.72. The average Bonchev–Trinajstić information content (AvgIpc) is 3.35. The number of carbonyl (C=O) groups is 1. The van der Waals surface area contributed by atoms with Crippen molar-refractivity contribution in [1.82, 2.24) is 0 Å². The summed E-state index contributed by atoms with van der Waals surface area (Å²) in [5, 5.41) is 0. The van der Waals surface area contributed by atoms with E-state index < -0.39 is 5.97 Å². The van der Waals surface area contributed by atoms with Gasteiger partial charge in [-0.15, -0.1) is 0 Å². The Morgan fingerprint density at radius 1 is 1.48 bits per heavy atom. The first kappa shape index (κ1) is 17.6. The Bertz CT molecular complexity index is 552. The molecule has 0 N–H and O–H groups in total. The number of epoxide rings is 1. The summed E-state index contributed by atoms with van der Waals surface area (Å²) in [6.45, 7) is 5.35. The molecular formula is C18H23FO4. The molecule has 0 radical (unpaired) electrons. The molecule has 1 aromatic rings. The molecule has 1 saturated heterocycles. The van der Waals surface area contributed by atoms with Gasteiger partial charge in [-0.25, -0.2) is 9.18 Å². The zero-order chi connectivity index (χ0) is 16.7. The predicted molar refractivity (Wildman–Crippen MR) is 85.4 cm³/mol. The van der Waals surface area contributed by atoms with Crippen LogP contribution in [0.2, 0.25) is 0 Å². The highest BCUT2D eigenvalue weighted by molar-refractivity contribution is 5.87. The van der Waals surface area contributed by atoms with E-state index in [4.69, 9.17) is 14.2 Å². The molecule has 1 aromatic carbocycles. The van der Waals surface area contributed by atoms with Crippen LogP contribution < -0.4 is 0 Å². The van der Waals surface area contributed by atoms with Crippen molar-refractivity contribution in [3.8, 4) is 0 Å². The molecule has 23 heavy (non-hydrogen) atoms. The molecule has 1 aliphatic heterocycles. The van der Waals surface area contributed by atoms with Crippen LogP contribution in [0, 0.1) is 5.82 Å². The highest BCUT2D eigenvalue weighted by Crippen LogP contribution is 2.29. The Kier molecular flexibility index (Phi) is 6.74. The molecule has 1 unspecified atom stereocenters. The molecule has 4 nitrogen and oxygen atoms in total. The fourth-order valence-corrected chi connectivity index (χ4v) is 2.30. The van der Waals surface area contributed by atoms with Crippen LogP contribution in [0.3, 0.4) is 0 Å². The van der Waals surface area contributed by atoms with Crippen molar-refractivity contribution in [1.29, 1.82) is 0 Å². The van der Waals surface area contributed by atoms with Gasteiger partial charge in [-0.05, 0) is 42.7 Å². The van der Waals surface area contributed by atoms with Gasteiger partial charge in [0.15, 0.2) is 0 Å². The Labute approximate surface area is 136 Å². The van der Waals surface area contributed by atoms with Gasteiger partial charge < -0.3 is 14.2 Å². The molecule has 0 bridgehead atoms. The molecule has 0 amide bonds. The molecule has 126 valence electrons. The van der Waals surface area contributed by atoms with Crippen molar-refractivity contribution < 1.29 is 23.4 Å². The third-order valence-corrected chi connectivity index (χ3v) is 3.52. The van der Waals surface area contributed by atoms with Crippen LogP contribution in [0.15, 0.2) is 24.3 Å². The van der Waals surface area contributed by atoms with Crippen LogP contribution in [-0.4, -0.2) is 31.9 Å². The largest absolute Gasteiger partial charge is 0.463 e. The zero-order valence-corrected chi connectivity index (χ0v) is 13.6. The quantitative estimate of drug-likeness (QED) is 0.395. The standard InChI is InChI=1S/C18H23FO4/c1-3-5-17(23-12-15-11-22-15)16-10-14(19)8-6-13(16)7-9-18(20)21-4-2/h6-10,15,17H,3-5,11-12H2,1-2H3/t15?,17-/m1/s1. The minimum atomic E-state index is -0.415. The third kappa shape index (κ3) is 5.77. The van der Waals surface area contributed by atoms with Gasteiger partial charge in [-0.1, -0.05) is 19.4 Å². The van der Waals surface area contributed by atoms with Crippen LogP contribution in [0.4, 0.5) is 4.39 Å². The summed E-state index contributed by atoms with van der Waals surface area (Å²) >= 11 is 0. The Balaban J connectivity index is 2.18. The number of hydrogen-bond donors (Lipinski definition) is 0. The number of esters is 1. The van der Waals surface area contributed by atoms with Crippen LogP contribution >= 0.6 is 0 Å². The van der Waals surface area contributed by atoms with E-state index in [1.165, 1.54) is 18.2 Å². The minimum Gasteiger partial charge on any atom is -0.463 e. The second kappa shape index (κ2) is 8.79. The van der Waals surface area contributed by atoms with Gasteiger partial charge in [0.25, 0.3) is 0 Å². The van der Waals surface area contributed by atoms with E-state index in [1.54, 1.807) is 19.1 Å². The molecule has 2 atom stereocenters. The van der Waals surface area contributed by atoms with Gasteiger partial charge in [0.2, 0.25) is 0 Å². The van der Waals surface area contributed by atoms with Crippen molar-refractivity contribution in [3.63, 3.8) is 0 Å². The lowest BCUT2D eigenvalue weighted by atomic mass is 9.98. The van der Waals surface area contributed by atoms with Crippen LogP contribution in [0.5, 0.6) is 0 Å². The number of benzene rings is 1. The minimum absolute atomic E-state index is 0.154. The molecule has 2 rings (SSSR count). The summed E-state index contributed by atoms with van der Waals surface area (Å²) in [7, 11) is 0. The first-order valence-corrected chi connectivity index (χ1v) is 8.01. The highest BCUT2D eigenvalue weighted by atomic mass is 19.1. The lowest BCUT2D eigenvalue weighted by molar-refractivity contribution is -0.137. The van der Waals surface area contributed by atoms with E-state index in [-0.39, 0.29) is 18.0 Å². The van der Waals surface area contributed by atoms with Gasteiger partial charge in [0, 0.05) is 6.08 Å². The topological polar surface area (TPSA) is 48.1 Å². The number of ether oxygens (including phenoxy) is 3. The number of carbonyl (C=O) groups excluding carboxylic acids is 1. The van der Waals surface area contributed by atoms with E-state index >= 15 is 0 Å². The monoisotopic (exact) mass is 322 g/mol. The smallest absolute Gasteiger partial charge is 0.330 e. The summed E-state index contributed by atoms with van der Waals surface area (Å²) in [6, 6.07) is 4.50. The number of rotatable bonds is 9. The lowest BCUT2D eigenvalue weighted by Gasteiger charge is -2.19. The van der Waals surface area contributed by atoms with Gasteiger partial charge >= 0.3 is 5.97 Å². The first-order valence-electron chi connectivity index (χ1n) is 8.01. The maximum atomic E-state index is 13.7. The zero-order valence-electron chi connectivity index (χ0n) is 13.6. The summed E-state index contributed by atoms with van der Waals surface area (Å²) in [6.07, 6.45) is 4.62. The van der Waals surface area contributed by atoms with Crippen molar-refractivity contribution >= 4 is 12.0 Å². The normalized spacial score (nSPS) is 18.1. The summed E-state index contributed by atoms with van der Waals surface area (Å²) in [4.78, 5) is 11.5. The maximum absolute atomic E-state index is 13.7. The first-order chi connectivity index (χ1) is 11.1. The molecule has 0 saturated carbocycles. The molecule has 1 heterocycles. The Morgan fingerprint density at radius 3 is 2.91 bits per heavy atom. The van der Waals surface area contributed by atoms with Gasteiger partial charge in [-0.2, -0.15) is 0 Å². The molecular weight excluding hydrogens is 299 g/mol. The van der Waals surface area contributed by atoms with Gasteiger partial charge in [-0.3, -0.25) is 0 Å². The molecule has 0 aliphatic carbocycles. The van der Waals surface area contributed by atoms with E-state index in [0.717, 1.165) is 30.6 Å². The average molecular weight is 322 g/mol. The van der Waals surface area contributed by atoms with Gasteiger partial charge in [0.1, 0.15) is 11.9 Å². The van der Waals surface area contributed by atoms with Crippen molar-refractivity contribution in [2.24, 2.45) is 0 Å². The van der Waals surface area contributed by atoms with Crippen LogP contribution in [0.1, 0.15) is 43.9 Å². The molecule has 5 heteroatoms. The van der Waals surface area contributed by atoms with Crippen LogP contribution in [-0.2, 0) is 19.0 Å². The molecule has 1 fully saturated rings. The molecule has 1 aliphatic rings. The summed E-state index contributed by atoms with van der Waals surface area (Å²) in [5.74, 6) is -0.734. The van der Waals surface area contributed by atoms with E-state index in [1.807, 2.05) is 0 Å². The summed E-state index contributed by atoms with van der Waals surface area (Å²) < 4.78 is 29.6. The molecule has 0 spiro atoms. The predicted octanol–water partition coefficient (Wildman–Crippen LogP) is 3.66. The van der Waals surface area contributed by atoms with Crippen molar-refractivity contribution in [2.45, 2.75) is 38.9 Å². The second-order valence-electron chi connectivity index (χ2n) is 5.42. The third-order valence-electron chi connectivity index (χ3n) is 3.52. The Morgan fingerprint density at radius 2 is 2.26 bits per heavy atom. The van der Waals surface area contributed by atoms with Crippen molar-refractivity contribution in [3.05, 3.63) is 41.2 Å². The fraction of sp³-hybridized carbons (Fsp3) is 0.500. The summed E-state index contributed by atoms with van der Waals surface area (Å²) in [5.41, 5.74) is 1.50. The van der Waals surface area contributed by atoms with Crippen molar-refractivity contribution in [2.75, 3.05) is 19.8 Å². The van der Waals surface area contributed by atoms with E-state index in [9.17, 15) is 9.18 Å². The van der Waals surface area contributed by atoms with E-state index in [0.29, 0.717) is 13.2 Å². The maximum Gasteiger partial charge on any atom is 0.330 e. The van der Waals surface area contributed by atoms with E-state index in [2.05, 4.69) is 6.92 Å². The second-order valence-corrected chi connectivity index (χ2v) is 5.42. The SMILES string of the molecule is CCC[C@@H](OCC1CO1)c1cc(F)ccc1C=CC(=O)OCC. The highest BCUT2D eigenvalue weighted by Gasteiger charge is 2.25. The molecule has 0 aromatic heterocycles. The fourth-order valence-electron chi connectivity index (χ4n) is 2.30. The van der Waals surface area contributed by atoms with Gasteiger partial charge in [0.05, 0.1) is 25.9 Å².